The third-order valence-electron chi connectivity index (χ3n) is 11.1. The highest BCUT2D eigenvalue weighted by Crippen LogP contribution is 2.46. The first kappa shape index (κ1) is 44.8. The summed E-state index contributed by atoms with van der Waals surface area (Å²) in [5, 5.41) is 6.21. The van der Waals surface area contributed by atoms with E-state index in [-0.39, 0.29) is 43.2 Å². The Balaban J connectivity index is 1.66. The summed E-state index contributed by atoms with van der Waals surface area (Å²) < 4.78 is 25.5. The van der Waals surface area contributed by atoms with Gasteiger partial charge in [0.1, 0.15) is 29.1 Å². The first-order valence-electron chi connectivity index (χ1n) is 20.5. The van der Waals surface area contributed by atoms with Gasteiger partial charge in [0.15, 0.2) is 0 Å². The predicted molar refractivity (Wildman–Crippen MR) is 213 cm³/mol. The van der Waals surface area contributed by atoms with Gasteiger partial charge in [0, 0.05) is 31.6 Å². The average molecular weight is 786 g/mol. The van der Waals surface area contributed by atoms with Crippen LogP contribution in [0.2, 0.25) is 0 Å². The van der Waals surface area contributed by atoms with Crippen LogP contribution in [-0.4, -0.2) is 106 Å². The molecule has 2 saturated heterocycles. The third-order valence-corrected chi connectivity index (χ3v) is 11.1. The summed E-state index contributed by atoms with van der Waals surface area (Å²) >= 11 is 0. The summed E-state index contributed by atoms with van der Waals surface area (Å²) in [6, 6.07) is 2.86. The Morgan fingerprint density at radius 2 is 1.36 bits per heavy atom. The SMILES string of the molecule is CC(C)C1CN(C(=O)OC(C)(C)C)C[C@@H](C(=O)N[C@H](Cc2ccc(F)cc2)C(=O)N2CCC(C(=O)NC(C)(C)C)(C3CCCCC3)CC2)N1C(=O)OC(C)(C)C. The molecule has 0 aromatic heterocycles. The van der Waals surface area contributed by atoms with Crippen molar-refractivity contribution in [2.45, 2.75) is 162 Å². The number of carbonyl (C=O) groups is 5. The van der Waals surface area contributed by atoms with E-state index in [1.807, 2.05) is 34.6 Å². The van der Waals surface area contributed by atoms with Gasteiger partial charge < -0.3 is 29.9 Å². The molecule has 1 aliphatic carbocycles. The number of ether oxygens (including phenoxy) is 2. The number of likely N-dealkylation sites (tertiary alicyclic amines) is 1. The van der Waals surface area contributed by atoms with Crippen molar-refractivity contribution in [3.63, 3.8) is 0 Å². The maximum atomic E-state index is 14.7. The average Bonchev–Trinajstić information content (AvgIpc) is 3.09. The standard InChI is InChI=1S/C43H68FN5O7/c1-28(2)33-26-48(38(53)55-41(6,7)8)27-34(49(33)39(54)56-42(9,10)11)35(50)45-32(25-29-17-19-31(44)20-18-29)36(51)47-23-21-43(22-24-47,30-15-13-12-14-16-30)37(52)46-40(3,4)5/h17-20,28,30,32-34H,12-16,21-27H2,1-11H3,(H,45,50)(H,46,52)/t32-,33?,34+/m1/s1. The molecule has 3 fully saturated rings. The van der Waals surface area contributed by atoms with Crippen molar-refractivity contribution in [3.05, 3.63) is 35.6 Å². The van der Waals surface area contributed by atoms with Crippen LogP contribution in [0.3, 0.4) is 0 Å². The maximum Gasteiger partial charge on any atom is 0.411 e. The molecule has 56 heavy (non-hydrogen) atoms. The molecule has 2 heterocycles. The Morgan fingerprint density at radius 1 is 0.804 bits per heavy atom. The highest BCUT2D eigenvalue weighted by atomic mass is 19.1. The van der Waals surface area contributed by atoms with Crippen molar-refractivity contribution in [2.24, 2.45) is 17.3 Å². The lowest BCUT2D eigenvalue weighted by Crippen LogP contribution is -2.68. The molecule has 3 atom stereocenters. The number of piperidine rings is 1. The van der Waals surface area contributed by atoms with Gasteiger partial charge in [-0.15, -0.1) is 0 Å². The van der Waals surface area contributed by atoms with Crippen molar-refractivity contribution in [3.8, 4) is 0 Å². The second-order valence-electron chi connectivity index (χ2n) is 19.5. The molecule has 4 rings (SSSR count). The Bertz CT molecular complexity index is 1550. The van der Waals surface area contributed by atoms with E-state index in [2.05, 4.69) is 10.6 Å². The molecule has 1 aromatic rings. The van der Waals surface area contributed by atoms with Crippen molar-refractivity contribution in [2.75, 3.05) is 26.2 Å². The minimum atomic E-state index is -1.22. The number of hydrogen-bond donors (Lipinski definition) is 2. The summed E-state index contributed by atoms with van der Waals surface area (Å²) in [6.07, 6.45) is 4.99. The monoisotopic (exact) mass is 786 g/mol. The van der Waals surface area contributed by atoms with Gasteiger partial charge in [-0.2, -0.15) is 0 Å². The smallest absolute Gasteiger partial charge is 0.411 e. The van der Waals surface area contributed by atoms with Gasteiger partial charge in [-0.25, -0.2) is 14.0 Å². The van der Waals surface area contributed by atoms with E-state index >= 15 is 0 Å². The molecule has 0 radical (unpaired) electrons. The molecule has 13 heteroatoms. The van der Waals surface area contributed by atoms with Crippen LogP contribution < -0.4 is 10.6 Å². The highest BCUT2D eigenvalue weighted by molar-refractivity contribution is 5.92. The van der Waals surface area contributed by atoms with Crippen molar-refractivity contribution in [1.82, 2.24) is 25.3 Å². The van der Waals surface area contributed by atoms with Crippen molar-refractivity contribution >= 4 is 29.9 Å². The lowest BCUT2D eigenvalue weighted by atomic mass is 9.63. The first-order chi connectivity index (χ1) is 25.9. The van der Waals surface area contributed by atoms with Crippen LogP contribution in [-0.2, 0) is 30.3 Å². The molecule has 314 valence electrons. The number of rotatable bonds is 8. The molecule has 0 spiro atoms. The zero-order valence-corrected chi connectivity index (χ0v) is 35.8. The van der Waals surface area contributed by atoms with E-state index in [4.69, 9.17) is 9.47 Å². The molecular weight excluding hydrogens is 717 g/mol. The predicted octanol–water partition coefficient (Wildman–Crippen LogP) is 6.84. The van der Waals surface area contributed by atoms with Gasteiger partial charge in [0.25, 0.3) is 0 Å². The van der Waals surface area contributed by atoms with Crippen LogP contribution in [0.15, 0.2) is 24.3 Å². The van der Waals surface area contributed by atoms with Crippen LogP contribution in [0.4, 0.5) is 14.0 Å². The molecule has 2 N–H and O–H groups in total. The van der Waals surface area contributed by atoms with E-state index in [0.29, 0.717) is 31.5 Å². The number of benzene rings is 1. The Kier molecular flexibility index (Phi) is 14.2. The van der Waals surface area contributed by atoms with E-state index in [9.17, 15) is 28.4 Å². The maximum absolute atomic E-state index is 14.7. The minimum absolute atomic E-state index is 0.0361. The van der Waals surface area contributed by atoms with Crippen LogP contribution in [0, 0.1) is 23.1 Å². The second-order valence-corrected chi connectivity index (χ2v) is 19.5. The largest absolute Gasteiger partial charge is 0.444 e. The summed E-state index contributed by atoms with van der Waals surface area (Å²) in [5.41, 5.74) is -2.04. The van der Waals surface area contributed by atoms with E-state index in [0.717, 1.165) is 32.1 Å². The first-order valence-corrected chi connectivity index (χ1v) is 20.5. The Hall–Kier alpha value is -3.90. The molecular formula is C43H68FN5O7. The normalized spacial score (nSPS) is 21.6. The van der Waals surface area contributed by atoms with Crippen LogP contribution >= 0.6 is 0 Å². The topological polar surface area (TPSA) is 138 Å². The number of carbonyl (C=O) groups excluding carboxylic acids is 5. The highest BCUT2D eigenvalue weighted by Gasteiger charge is 2.50. The zero-order valence-electron chi connectivity index (χ0n) is 35.8. The van der Waals surface area contributed by atoms with Crippen molar-refractivity contribution in [1.29, 1.82) is 0 Å². The van der Waals surface area contributed by atoms with E-state index in [1.54, 1.807) is 58.6 Å². The minimum Gasteiger partial charge on any atom is -0.444 e. The third kappa shape index (κ3) is 11.8. The van der Waals surface area contributed by atoms with Crippen LogP contribution in [0.5, 0.6) is 0 Å². The van der Waals surface area contributed by atoms with Gasteiger partial charge >= 0.3 is 12.2 Å². The second kappa shape index (κ2) is 17.7. The fraction of sp³-hybridized carbons (Fsp3) is 0.744. The lowest BCUT2D eigenvalue weighted by Gasteiger charge is -2.48. The molecule has 12 nitrogen and oxygen atoms in total. The summed E-state index contributed by atoms with van der Waals surface area (Å²) in [6.45, 7) is 20.8. The molecule has 1 unspecified atom stereocenters. The number of nitrogens with zero attached hydrogens (tertiary/aromatic N) is 3. The number of hydrogen-bond acceptors (Lipinski definition) is 7. The van der Waals surface area contributed by atoms with Crippen LogP contribution in [0.1, 0.15) is 127 Å². The summed E-state index contributed by atoms with van der Waals surface area (Å²) in [4.78, 5) is 75.3. The molecule has 3 aliphatic rings. The Morgan fingerprint density at radius 3 is 1.88 bits per heavy atom. The van der Waals surface area contributed by atoms with Gasteiger partial charge in [-0.3, -0.25) is 19.3 Å². The zero-order chi connectivity index (χ0) is 41.8. The Labute approximate surface area is 333 Å². The number of piperazine rings is 1. The molecule has 1 saturated carbocycles. The summed E-state index contributed by atoms with van der Waals surface area (Å²) in [7, 11) is 0. The molecule has 2 aliphatic heterocycles. The number of nitrogens with one attached hydrogen (secondary N) is 2. The molecule has 5 amide bonds. The van der Waals surface area contributed by atoms with Crippen LogP contribution in [0.25, 0.3) is 0 Å². The van der Waals surface area contributed by atoms with E-state index < -0.39 is 64.2 Å². The van der Waals surface area contributed by atoms with Gasteiger partial charge in [0.05, 0.1) is 18.0 Å². The van der Waals surface area contributed by atoms with E-state index in [1.165, 1.54) is 21.9 Å². The fourth-order valence-electron chi connectivity index (χ4n) is 8.32. The summed E-state index contributed by atoms with van der Waals surface area (Å²) in [5.74, 6) is -1.32. The molecule has 0 bridgehead atoms. The number of amides is 5. The van der Waals surface area contributed by atoms with Gasteiger partial charge in [-0.1, -0.05) is 45.2 Å². The van der Waals surface area contributed by atoms with Gasteiger partial charge in [0.2, 0.25) is 17.7 Å². The number of halogens is 1. The lowest BCUT2D eigenvalue weighted by molar-refractivity contribution is -0.148. The van der Waals surface area contributed by atoms with Gasteiger partial charge in [-0.05, 0) is 118 Å². The quantitative estimate of drug-likeness (QED) is 0.295. The molecule has 1 aromatic carbocycles. The van der Waals surface area contributed by atoms with Crippen molar-refractivity contribution < 1.29 is 37.8 Å². The fourth-order valence-corrected chi connectivity index (χ4v) is 8.32.